The van der Waals surface area contributed by atoms with E-state index in [0.29, 0.717) is 29.0 Å². The summed E-state index contributed by atoms with van der Waals surface area (Å²) in [4.78, 5) is 19.3. The second kappa shape index (κ2) is 8.59. The fourth-order valence-corrected chi connectivity index (χ4v) is 3.09. The van der Waals surface area contributed by atoms with Crippen LogP contribution in [0.1, 0.15) is 18.2 Å². The molecule has 138 valence electrons. The minimum atomic E-state index is -0.420. The van der Waals surface area contributed by atoms with E-state index in [2.05, 4.69) is 9.97 Å². The second-order valence-corrected chi connectivity index (χ2v) is 6.55. The molecule has 0 spiro atoms. The summed E-state index contributed by atoms with van der Waals surface area (Å²) in [6.07, 6.45) is 0.701. The van der Waals surface area contributed by atoms with Crippen LogP contribution in [0.5, 0.6) is 11.6 Å². The molecule has 0 radical (unpaired) electrons. The first kappa shape index (κ1) is 18.8. The average Bonchev–Trinajstić information content (AvgIpc) is 2.68. The second-order valence-electron chi connectivity index (χ2n) is 5.61. The number of benzene rings is 2. The molecular weight excluding hydrogens is 369 g/mol. The third-order valence-corrected chi connectivity index (χ3v) is 4.54. The maximum Gasteiger partial charge on any atom is 0.269 e. The average molecular weight is 385 g/mol. The molecule has 0 fully saturated rings. The van der Waals surface area contributed by atoms with Crippen molar-refractivity contribution < 1.29 is 14.1 Å². The molecule has 3 rings (SSSR count). The molecule has 8 heteroatoms. The highest BCUT2D eigenvalue weighted by Gasteiger charge is 2.10. The number of rotatable bonds is 7. The predicted molar refractivity (Wildman–Crippen MR) is 101 cm³/mol. The van der Waals surface area contributed by atoms with Crippen LogP contribution in [0.4, 0.5) is 10.1 Å². The van der Waals surface area contributed by atoms with E-state index in [1.54, 1.807) is 12.1 Å². The summed E-state index contributed by atoms with van der Waals surface area (Å²) in [5, 5.41) is 11.4. The van der Waals surface area contributed by atoms with Crippen LogP contribution < -0.4 is 4.74 Å². The predicted octanol–water partition coefficient (Wildman–Crippen LogP) is 5.17. The highest BCUT2D eigenvalue weighted by atomic mass is 32.2. The summed E-state index contributed by atoms with van der Waals surface area (Å²) in [6.45, 7) is 1.97. The van der Waals surface area contributed by atoms with E-state index in [0.717, 1.165) is 11.3 Å². The Morgan fingerprint density at radius 2 is 1.93 bits per heavy atom. The van der Waals surface area contributed by atoms with Crippen LogP contribution in [-0.2, 0) is 12.2 Å². The lowest BCUT2D eigenvalue weighted by atomic mass is 10.2. The van der Waals surface area contributed by atoms with E-state index in [-0.39, 0.29) is 11.5 Å². The topological polar surface area (TPSA) is 78.2 Å². The number of non-ortho nitro benzene ring substituents is 1. The Kier molecular flexibility index (Phi) is 5.97. The van der Waals surface area contributed by atoms with E-state index in [1.165, 1.54) is 48.2 Å². The molecule has 0 unspecified atom stereocenters. The van der Waals surface area contributed by atoms with Gasteiger partial charge in [0.2, 0.25) is 5.88 Å². The van der Waals surface area contributed by atoms with Gasteiger partial charge in [0.25, 0.3) is 5.69 Å². The number of nitro groups is 1. The summed E-state index contributed by atoms with van der Waals surface area (Å²) in [6, 6.07) is 13.9. The number of aryl methyl sites for hydroxylation is 1. The van der Waals surface area contributed by atoms with Crippen molar-refractivity contribution in [2.24, 2.45) is 0 Å². The monoisotopic (exact) mass is 385 g/mol. The van der Waals surface area contributed by atoms with Crippen molar-refractivity contribution in [3.63, 3.8) is 0 Å². The van der Waals surface area contributed by atoms with E-state index in [4.69, 9.17) is 4.74 Å². The summed E-state index contributed by atoms with van der Waals surface area (Å²) in [5.74, 6) is 0.999. The zero-order valence-electron chi connectivity index (χ0n) is 14.5. The van der Waals surface area contributed by atoms with Gasteiger partial charge in [-0.05, 0) is 36.2 Å². The quantitative estimate of drug-likeness (QED) is 0.242. The van der Waals surface area contributed by atoms with Gasteiger partial charge in [-0.2, -0.15) is 4.98 Å². The van der Waals surface area contributed by atoms with Crippen molar-refractivity contribution in [2.75, 3.05) is 0 Å². The SMILES string of the molecule is CCc1cc(Oc2ccc(F)cc2)nc(SCc2cccc([N+](=O)[O-])c2)n1. The van der Waals surface area contributed by atoms with Crippen LogP contribution in [0.2, 0.25) is 0 Å². The van der Waals surface area contributed by atoms with Crippen molar-refractivity contribution in [1.29, 1.82) is 0 Å². The van der Waals surface area contributed by atoms with Crippen molar-refractivity contribution >= 4 is 17.4 Å². The number of hydrogen-bond acceptors (Lipinski definition) is 6. The highest BCUT2D eigenvalue weighted by molar-refractivity contribution is 7.98. The van der Waals surface area contributed by atoms with Gasteiger partial charge in [0.05, 0.1) is 4.92 Å². The van der Waals surface area contributed by atoms with Crippen LogP contribution in [0.25, 0.3) is 0 Å². The molecule has 0 atom stereocenters. The maximum absolute atomic E-state index is 13.0. The lowest BCUT2D eigenvalue weighted by molar-refractivity contribution is -0.384. The normalized spacial score (nSPS) is 10.6. The van der Waals surface area contributed by atoms with Gasteiger partial charge in [-0.3, -0.25) is 10.1 Å². The van der Waals surface area contributed by atoms with E-state index >= 15 is 0 Å². The molecule has 3 aromatic rings. The summed E-state index contributed by atoms with van der Waals surface area (Å²) in [5.41, 5.74) is 1.67. The van der Waals surface area contributed by atoms with Crippen LogP contribution >= 0.6 is 11.8 Å². The highest BCUT2D eigenvalue weighted by Crippen LogP contribution is 2.26. The first-order valence-corrected chi connectivity index (χ1v) is 9.19. The molecule has 0 aliphatic carbocycles. The Hall–Kier alpha value is -3.00. The molecule has 0 bridgehead atoms. The van der Waals surface area contributed by atoms with Gasteiger partial charge in [0, 0.05) is 29.6 Å². The van der Waals surface area contributed by atoms with Gasteiger partial charge in [-0.1, -0.05) is 30.8 Å². The summed E-state index contributed by atoms with van der Waals surface area (Å²) >= 11 is 1.37. The van der Waals surface area contributed by atoms with Crippen molar-refractivity contribution in [1.82, 2.24) is 9.97 Å². The van der Waals surface area contributed by atoms with Gasteiger partial charge in [0.1, 0.15) is 11.6 Å². The van der Waals surface area contributed by atoms with E-state index in [1.807, 2.05) is 13.0 Å². The zero-order valence-corrected chi connectivity index (χ0v) is 15.3. The summed E-state index contributed by atoms with van der Waals surface area (Å²) in [7, 11) is 0. The van der Waals surface area contributed by atoms with Crippen molar-refractivity contribution in [3.8, 4) is 11.6 Å². The number of thioether (sulfide) groups is 1. The lowest BCUT2D eigenvalue weighted by Gasteiger charge is -2.08. The number of halogens is 1. The molecule has 2 aromatic carbocycles. The molecule has 0 aliphatic heterocycles. The van der Waals surface area contributed by atoms with Crippen LogP contribution in [-0.4, -0.2) is 14.9 Å². The molecule has 1 aromatic heterocycles. The largest absolute Gasteiger partial charge is 0.439 e. The Bertz CT molecular complexity index is 951. The van der Waals surface area contributed by atoms with Crippen LogP contribution in [0, 0.1) is 15.9 Å². The fraction of sp³-hybridized carbons (Fsp3) is 0.158. The molecule has 0 saturated carbocycles. The van der Waals surface area contributed by atoms with Crippen molar-refractivity contribution in [3.05, 3.63) is 81.8 Å². The first-order valence-electron chi connectivity index (χ1n) is 8.21. The van der Waals surface area contributed by atoms with Gasteiger partial charge in [-0.15, -0.1) is 0 Å². The number of nitrogens with zero attached hydrogens (tertiary/aromatic N) is 3. The number of aromatic nitrogens is 2. The van der Waals surface area contributed by atoms with Crippen LogP contribution in [0.3, 0.4) is 0 Å². The van der Waals surface area contributed by atoms with Gasteiger partial charge in [-0.25, -0.2) is 9.37 Å². The maximum atomic E-state index is 13.0. The molecular formula is C19H16FN3O3S. The zero-order chi connectivity index (χ0) is 19.2. The number of nitro benzene ring substituents is 1. The first-order chi connectivity index (χ1) is 13.0. The van der Waals surface area contributed by atoms with E-state index < -0.39 is 4.92 Å². The lowest BCUT2D eigenvalue weighted by Crippen LogP contribution is -1.97. The standard InChI is InChI=1S/C19H16FN3O3S/c1-2-15-11-18(26-17-8-6-14(20)7-9-17)22-19(21-15)27-12-13-4-3-5-16(10-13)23(24)25/h3-11H,2,12H2,1H3. The third-order valence-electron chi connectivity index (χ3n) is 3.62. The van der Waals surface area contributed by atoms with Gasteiger partial charge < -0.3 is 4.74 Å². The molecule has 0 saturated heterocycles. The minimum Gasteiger partial charge on any atom is -0.439 e. The van der Waals surface area contributed by atoms with Gasteiger partial charge >= 0.3 is 0 Å². The Morgan fingerprint density at radius 3 is 2.63 bits per heavy atom. The Balaban J connectivity index is 1.76. The van der Waals surface area contributed by atoms with E-state index in [9.17, 15) is 14.5 Å². The molecule has 0 amide bonds. The molecule has 0 aliphatic rings. The van der Waals surface area contributed by atoms with Crippen LogP contribution in [0.15, 0.2) is 59.8 Å². The number of ether oxygens (including phenoxy) is 1. The smallest absolute Gasteiger partial charge is 0.269 e. The molecule has 27 heavy (non-hydrogen) atoms. The fourth-order valence-electron chi connectivity index (χ4n) is 2.28. The Morgan fingerprint density at radius 1 is 1.15 bits per heavy atom. The Labute approximate surface area is 159 Å². The molecule has 6 nitrogen and oxygen atoms in total. The van der Waals surface area contributed by atoms with Gasteiger partial charge in [0.15, 0.2) is 5.16 Å². The third kappa shape index (κ3) is 5.24. The van der Waals surface area contributed by atoms with Crippen molar-refractivity contribution in [2.45, 2.75) is 24.3 Å². The molecule has 1 heterocycles. The summed E-state index contributed by atoms with van der Waals surface area (Å²) < 4.78 is 18.7. The number of hydrogen-bond donors (Lipinski definition) is 0. The molecule has 0 N–H and O–H groups in total. The minimum absolute atomic E-state index is 0.0525.